The molecule has 30 heavy (non-hydrogen) atoms. The Morgan fingerprint density at radius 2 is 1.80 bits per heavy atom. The Morgan fingerprint density at radius 1 is 1.07 bits per heavy atom. The largest absolute Gasteiger partial charge is 0.444 e. The summed E-state index contributed by atoms with van der Waals surface area (Å²) in [6, 6.07) is 18.3. The second-order valence-corrected chi connectivity index (χ2v) is 8.17. The van der Waals surface area contributed by atoms with E-state index in [1.165, 1.54) is 0 Å². The van der Waals surface area contributed by atoms with Gasteiger partial charge in [0.25, 0.3) is 0 Å². The fraction of sp³-hybridized carbons (Fsp3) is 0.292. The molecule has 0 saturated carbocycles. The van der Waals surface area contributed by atoms with Crippen LogP contribution in [0.2, 0.25) is 0 Å². The van der Waals surface area contributed by atoms with Gasteiger partial charge in [0.2, 0.25) is 5.91 Å². The highest BCUT2D eigenvalue weighted by Gasteiger charge is 2.27. The maximum Gasteiger partial charge on any atom is 0.408 e. The van der Waals surface area contributed by atoms with Crippen molar-refractivity contribution >= 4 is 28.6 Å². The predicted molar refractivity (Wildman–Crippen MR) is 118 cm³/mol. The molecule has 0 aliphatic carbocycles. The van der Waals surface area contributed by atoms with Crippen molar-refractivity contribution in [3.8, 4) is 0 Å². The summed E-state index contributed by atoms with van der Waals surface area (Å²) in [5, 5.41) is 3.68. The third-order valence-corrected chi connectivity index (χ3v) is 4.58. The molecule has 0 saturated heterocycles. The third kappa shape index (κ3) is 5.56. The molecule has 3 rings (SSSR count). The number of carbonyl (C=O) groups excluding carboxylic acids is 2. The number of fused-ring (bicyclic) bond motifs is 1. The average Bonchev–Trinajstić information content (AvgIpc) is 2.71. The van der Waals surface area contributed by atoms with Crippen molar-refractivity contribution in [2.24, 2.45) is 0 Å². The lowest BCUT2D eigenvalue weighted by molar-refractivity contribution is -0.120. The number of alkyl carbamates (subject to hydrolysis) is 1. The van der Waals surface area contributed by atoms with Gasteiger partial charge >= 0.3 is 6.09 Å². The van der Waals surface area contributed by atoms with E-state index in [1.807, 2.05) is 60.7 Å². The molecule has 1 unspecified atom stereocenters. The zero-order valence-corrected chi connectivity index (χ0v) is 17.8. The Morgan fingerprint density at radius 3 is 2.50 bits per heavy atom. The fourth-order valence-electron chi connectivity index (χ4n) is 3.13. The number of amides is 2. The summed E-state index contributed by atoms with van der Waals surface area (Å²) < 4.78 is 5.37. The molecule has 156 valence electrons. The van der Waals surface area contributed by atoms with Crippen LogP contribution in [-0.4, -0.2) is 35.7 Å². The first-order valence-electron chi connectivity index (χ1n) is 9.89. The zero-order chi connectivity index (χ0) is 21.7. The Balaban J connectivity index is 1.84. The number of rotatable bonds is 5. The summed E-state index contributed by atoms with van der Waals surface area (Å²) in [4.78, 5) is 31.6. The van der Waals surface area contributed by atoms with Gasteiger partial charge < -0.3 is 15.0 Å². The van der Waals surface area contributed by atoms with Crippen LogP contribution in [0.4, 0.5) is 10.5 Å². The molecule has 3 aromatic rings. The Labute approximate surface area is 176 Å². The SMILES string of the molecule is CN(C(=O)C(Cc1ccccc1)NC(=O)OC(C)(C)C)c1ccc2ncccc2c1. The third-order valence-electron chi connectivity index (χ3n) is 4.58. The molecule has 1 aromatic heterocycles. The van der Waals surface area contributed by atoms with Gasteiger partial charge in [0.05, 0.1) is 5.52 Å². The number of nitrogens with one attached hydrogen (secondary N) is 1. The molecule has 2 amide bonds. The zero-order valence-electron chi connectivity index (χ0n) is 17.8. The number of likely N-dealkylation sites (N-methyl/N-ethyl adjacent to an activating group) is 1. The number of nitrogens with zero attached hydrogens (tertiary/aromatic N) is 2. The molecule has 0 aliphatic heterocycles. The van der Waals surface area contributed by atoms with E-state index < -0.39 is 17.7 Å². The molecule has 6 heteroatoms. The van der Waals surface area contributed by atoms with E-state index in [0.29, 0.717) is 6.42 Å². The second-order valence-electron chi connectivity index (χ2n) is 8.17. The normalized spacial score (nSPS) is 12.3. The summed E-state index contributed by atoms with van der Waals surface area (Å²) in [6.45, 7) is 5.36. The first-order chi connectivity index (χ1) is 14.2. The van der Waals surface area contributed by atoms with Crippen molar-refractivity contribution in [3.05, 3.63) is 72.4 Å². The minimum Gasteiger partial charge on any atom is -0.444 e. The van der Waals surface area contributed by atoms with Gasteiger partial charge in [-0.15, -0.1) is 0 Å². The predicted octanol–water partition coefficient (Wildman–Crippen LogP) is 4.33. The van der Waals surface area contributed by atoms with E-state index in [2.05, 4.69) is 10.3 Å². The molecule has 0 radical (unpaired) electrons. The van der Waals surface area contributed by atoms with Crippen LogP contribution in [-0.2, 0) is 16.0 Å². The molecule has 1 N–H and O–H groups in total. The van der Waals surface area contributed by atoms with E-state index in [-0.39, 0.29) is 5.91 Å². The quantitative estimate of drug-likeness (QED) is 0.686. The fourth-order valence-corrected chi connectivity index (χ4v) is 3.13. The van der Waals surface area contributed by atoms with Crippen LogP contribution in [0, 0.1) is 0 Å². The Bertz CT molecular complexity index is 1030. The van der Waals surface area contributed by atoms with Gasteiger partial charge in [-0.05, 0) is 50.6 Å². The second kappa shape index (κ2) is 8.95. The van der Waals surface area contributed by atoms with Crippen LogP contribution in [0.5, 0.6) is 0 Å². The number of carbonyl (C=O) groups is 2. The number of hydrogen-bond donors (Lipinski definition) is 1. The summed E-state index contributed by atoms with van der Waals surface area (Å²) in [6.07, 6.45) is 1.48. The first kappa shape index (κ1) is 21.3. The van der Waals surface area contributed by atoms with E-state index in [9.17, 15) is 9.59 Å². The molecule has 0 spiro atoms. The number of hydrogen-bond acceptors (Lipinski definition) is 4. The summed E-state index contributed by atoms with van der Waals surface area (Å²) in [7, 11) is 1.70. The smallest absolute Gasteiger partial charge is 0.408 e. The van der Waals surface area contributed by atoms with Gasteiger partial charge in [0.15, 0.2) is 0 Å². The number of pyridine rings is 1. The van der Waals surface area contributed by atoms with Crippen LogP contribution in [0.15, 0.2) is 66.9 Å². The number of ether oxygens (including phenoxy) is 1. The van der Waals surface area contributed by atoms with Gasteiger partial charge in [-0.2, -0.15) is 0 Å². The maximum atomic E-state index is 13.3. The van der Waals surface area contributed by atoms with Crippen molar-refractivity contribution in [2.75, 3.05) is 11.9 Å². The molecule has 2 aromatic carbocycles. The average molecular weight is 405 g/mol. The van der Waals surface area contributed by atoms with Gasteiger partial charge in [0, 0.05) is 30.7 Å². The molecule has 0 aliphatic rings. The minimum atomic E-state index is -0.767. The highest BCUT2D eigenvalue weighted by atomic mass is 16.6. The molecule has 0 fully saturated rings. The standard InChI is InChI=1S/C24H27N3O3/c1-24(2,3)30-23(29)26-21(15-17-9-6-5-7-10-17)22(28)27(4)19-12-13-20-18(16-19)11-8-14-25-20/h5-14,16,21H,15H2,1-4H3,(H,26,29). The molecule has 6 nitrogen and oxygen atoms in total. The maximum absolute atomic E-state index is 13.3. The van der Waals surface area contributed by atoms with Crippen LogP contribution in [0.25, 0.3) is 10.9 Å². The highest BCUT2D eigenvalue weighted by molar-refractivity contribution is 6.00. The van der Waals surface area contributed by atoms with Crippen molar-refractivity contribution in [3.63, 3.8) is 0 Å². The van der Waals surface area contributed by atoms with E-state index >= 15 is 0 Å². The van der Waals surface area contributed by atoms with Gasteiger partial charge in [-0.1, -0.05) is 36.4 Å². The van der Waals surface area contributed by atoms with Gasteiger partial charge in [-0.3, -0.25) is 9.78 Å². The number of aromatic nitrogens is 1. The van der Waals surface area contributed by atoms with Crippen molar-refractivity contribution < 1.29 is 14.3 Å². The monoisotopic (exact) mass is 405 g/mol. The van der Waals surface area contributed by atoms with Crippen LogP contribution in [0.1, 0.15) is 26.3 Å². The minimum absolute atomic E-state index is 0.229. The molecule has 1 heterocycles. The first-order valence-corrected chi connectivity index (χ1v) is 9.89. The molecular formula is C24H27N3O3. The topological polar surface area (TPSA) is 71.5 Å². The molecular weight excluding hydrogens is 378 g/mol. The number of benzene rings is 2. The van der Waals surface area contributed by atoms with Crippen molar-refractivity contribution in [2.45, 2.75) is 38.8 Å². The van der Waals surface area contributed by atoms with Crippen LogP contribution < -0.4 is 10.2 Å². The van der Waals surface area contributed by atoms with Crippen molar-refractivity contribution in [1.82, 2.24) is 10.3 Å². The Hall–Kier alpha value is -3.41. The lowest BCUT2D eigenvalue weighted by Crippen LogP contribution is -2.50. The van der Waals surface area contributed by atoms with Gasteiger partial charge in [-0.25, -0.2) is 4.79 Å². The Kier molecular flexibility index (Phi) is 6.35. The molecule has 1 atom stereocenters. The van der Waals surface area contributed by atoms with E-state index in [0.717, 1.165) is 22.2 Å². The summed E-state index contributed by atoms with van der Waals surface area (Å²) in [5.41, 5.74) is 1.88. The van der Waals surface area contributed by atoms with Crippen molar-refractivity contribution in [1.29, 1.82) is 0 Å². The molecule has 0 bridgehead atoms. The lowest BCUT2D eigenvalue weighted by atomic mass is 10.0. The lowest BCUT2D eigenvalue weighted by Gasteiger charge is -2.27. The highest BCUT2D eigenvalue weighted by Crippen LogP contribution is 2.21. The van der Waals surface area contributed by atoms with Crippen LogP contribution in [0.3, 0.4) is 0 Å². The van der Waals surface area contributed by atoms with Crippen LogP contribution >= 0.6 is 0 Å². The number of anilines is 1. The summed E-state index contributed by atoms with van der Waals surface area (Å²) in [5.74, 6) is -0.229. The summed E-state index contributed by atoms with van der Waals surface area (Å²) >= 11 is 0. The van der Waals surface area contributed by atoms with Gasteiger partial charge in [0.1, 0.15) is 11.6 Å². The van der Waals surface area contributed by atoms with E-state index in [4.69, 9.17) is 4.74 Å². The van der Waals surface area contributed by atoms with E-state index in [1.54, 1.807) is 38.9 Å².